The van der Waals surface area contributed by atoms with Gasteiger partial charge in [0.25, 0.3) is 0 Å². The number of rotatable bonds is 2. The lowest BCUT2D eigenvalue weighted by atomic mass is 9.85. The molecule has 176 valence electrons. The Balaban J connectivity index is 1.85. The number of hydrogen-bond donors (Lipinski definition) is 0. The van der Waals surface area contributed by atoms with Crippen LogP contribution in [0.3, 0.4) is 0 Å². The Morgan fingerprint density at radius 1 is 0.636 bits per heavy atom. The van der Waals surface area contributed by atoms with E-state index in [2.05, 4.69) is 105 Å². The zero-order valence-corrected chi connectivity index (χ0v) is 24.4. The maximum absolute atomic E-state index is 7.02. The summed E-state index contributed by atoms with van der Waals surface area (Å²) in [5.41, 5.74) is 11.6. The molecule has 0 bridgehead atoms. The van der Waals surface area contributed by atoms with Crippen LogP contribution in [0.5, 0.6) is 0 Å². The van der Waals surface area contributed by atoms with Crippen molar-refractivity contribution in [3.05, 3.63) is 80.9 Å². The second-order valence-electron chi connectivity index (χ2n) is 12.8. The van der Waals surface area contributed by atoms with Crippen molar-refractivity contribution in [1.29, 1.82) is 0 Å². The number of hydrogen-bond acceptors (Lipinski definition) is 0. The summed E-state index contributed by atoms with van der Waals surface area (Å²) in [6.07, 6.45) is 0. The lowest BCUT2D eigenvalue weighted by Crippen LogP contribution is -2.42. The predicted molar refractivity (Wildman–Crippen MR) is 150 cm³/mol. The Morgan fingerprint density at radius 3 is 1.27 bits per heavy atom. The zero-order chi connectivity index (χ0) is 24.7. The van der Waals surface area contributed by atoms with Gasteiger partial charge < -0.3 is 0 Å². The first-order valence-electron chi connectivity index (χ1n) is 12.1. The molecule has 33 heavy (non-hydrogen) atoms. The van der Waals surface area contributed by atoms with Crippen molar-refractivity contribution < 1.29 is 0 Å². The third-order valence-electron chi connectivity index (χ3n) is 7.98. The Hall–Kier alpha value is -1.28. The van der Waals surface area contributed by atoms with E-state index < -0.39 is 8.07 Å². The Labute approximate surface area is 212 Å². The van der Waals surface area contributed by atoms with Crippen LogP contribution >= 0.6 is 23.2 Å². The first kappa shape index (κ1) is 24.8. The molecule has 4 rings (SSSR count). The average molecular weight is 498 g/mol. The first-order valence-corrected chi connectivity index (χ1v) is 16.0. The van der Waals surface area contributed by atoms with Gasteiger partial charge in [0.1, 0.15) is 0 Å². The molecule has 0 saturated heterocycles. The summed E-state index contributed by atoms with van der Waals surface area (Å²) in [6, 6.07) is 14.0. The lowest BCUT2D eigenvalue weighted by Gasteiger charge is -2.39. The molecule has 0 spiro atoms. The molecule has 2 aromatic rings. The Bertz CT molecular complexity index is 1110. The molecule has 2 aromatic carbocycles. The molecule has 0 aliphatic heterocycles. The van der Waals surface area contributed by atoms with Crippen LogP contribution in [0.1, 0.15) is 99.9 Å². The van der Waals surface area contributed by atoms with Crippen LogP contribution in [0.2, 0.25) is 13.1 Å². The van der Waals surface area contributed by atoms with Gasteiger partial charge in [0.2, 0.25) is 0 Å². The minimum Gasteiger partial charge on any atom is -0.0837 e. The topological polar surface area (TPSA) is 0 Å². The molecule has 2 atom stereocenters. The maximum Gasteiger partial charge on any atom is 0.0723 e. The van der Waals surface area contributed by atoms with Gasteiger partial charge in [0, 0.05) is 21.1 Å². The second-order valence-corrected chi connectivity index (χ2v) is 18.3. The fraction of sp³-hybridized carbons (Fsp3) is 0.467. The fourth-order valence-electron chi connectivity index (χ4n) is 6.16. The third-order valence-corrected chi connectivity index (χ3v) is 13.4. The highest BCUT2D eigenvalue weighted by Crippen LogP contribution is 2.57. The van der Waals surface area contributed by atoms with Gasteiger partial charge in [-0.05, 0) is 81.3 Å². The highest BCUT2D eigenvalue weighted by Gasteiger charge is 2.49. The highest BCUT2D eigenvalue weighted by molar-refractivity contribution is 6.82. The van der Waals surface area contributed by atoms with Crippen molar-refractivity contribution in [2.24, 2.45) is 0 Å². The summed E-state index contributed by atoms with van der Waals surface area (Å²) >= 11 is 14.0. The van der Waals surface area contributed by atoms with Crippen LogP contribution < -0.4 is 0 Å². The molecule has 0 saturated carbocycles. The van der Waals surface area contributed by atoms with Crippen molar-refractivity contribution >= 4 is 41.3 Å². The van der Waals surface area contributed by atoms with Gasteiger partial charge >= 0.3 is 0 Å². The summed E-state index contributed by atoms with van der Waals surface area (Å²) in [4.78, 5) is 0. The van der Waals surface area contributed by atoms with Gasteiger partial charge in [-0.2, -0.15) is 0 Å². The van der Waals surface area contributed by atoms with E-state index in [9.17, 15) is 0 Å². The highest BCUT2D eigenvalue weighted by atomic mass is 35.5. The summed E-state index contributed by atoms with van der Waals surface area (Å²) in [5, 5.41) is 1.91. The van der Waals surface area contributed by atoms with Crippen LogP contribution in [0.4, 0.5) is 0 Å². The van der Waals surface area contributed by atoms with Crippen LogP contribution in [0.25, 0.3) is 10.1 Å². The standard InChI is InChI=1S/C30H38Cl2Si/c1-17-25(31)23-15-19(29(3,4)5)11-13-21(23)27(17)33(9,10)28-18(2)26(32)24-16-20(30(6,7)8)12-14-22(24)28/h11-16,27-28H,1-10H3. The summed E-state index contributed by atoms with van der Waals surface area (Å²) in [6.45, 7) is 23.2. The molecular formula is C30H38Cl2Si. The normalized spacial score (nSPS) is 21.1. The smallest absolute Gasteiger partial charge is 0.0723 e. The predicted octanol–water partition coefficient (Wildman–Crippen LogP) is 9.90. The fourth-order valence-corrected chi connectivity index (χ4v) is 11.8. The number of halogens is 2. The largest absolute Gasteiger partial charge is 0.0837 e. The summed E-state index contributed by atoms with van der Waals surface area (Å²) in [7, 11) is -1.96. The van der Waals surface area contributed by atoms with Crippen molar-refractivity contribution in [2.45, 2.75) is 90.4 Å². The first-order chi connectivity index (χ1) is 15.1. The molecule has 0 radical (unpaired) electrons. The van der Waals surface area contributed by atoms with Gasteiger partial charge in [-0.15, -0.1) is 0 Å². The van der Waals surface area contributed by atoms with E-state index in [0.717, 1.165) is 10.1 Å². The van der Waals surface area contributed by atoms with E-state index >= 15 is 0 Å². The number of benzene rings is 2. The zero-order valence-electron chi connectivity index (χ0n) is 21.9. The van der Waals surface area contributed by atoms with Crippen molar-refractivity contribution in [1.82, 2.24) is 0 Å². The van der Waals surface area contributed by atoms with Crippen molar-refractivity contribution in [3.63, 3.8) is 0 Å². The molecule has 2 aliphatic rings. The van der Waals surface area contributed by atoms with Gasteiger partial charge in [0.15, 0.2) is 0 Å². The van der Waals surface area contributed by atoms with Crippen LogP contribution in [-0.2, 0) is 10.8 Å². The number of allylic oxidation sites excluding steroid dienone is 2. The third kappa shape index (κ3) is 3.89. The molecule has 2 unspecified atom stereocenters. The summed E-state index contributed by atoms with van der Waals surface area (Å²) < 4.78 is 0. The quantitative estimate of drug-likeness (QED) is 0.362. The maximum atomic E-state index is 7.02. The van der Waals surface area contributed by atoms with Crippen molar-refractivity contribution in [2.75, 3.05) is 0 Å². The molecule has 0 N–H and O–H groups in total. The average Bonchev–Trinajstić information content (AvgIpc) is 3.11. The molecule has 0 aromatic heterocycles. The van der Waals surface area contributed by atoms with E-state index in [1.54, 1.807) is 0 Å². The van der Waals surface area contributed by atoms with Crippen LogP contribution in [-0.4, -0.2) is 8.07 Å². The Kier molecular flexibility index (Phi) is 5.92. The van der Waals surface area contributed by atoms with Gasteiger partial charge in [-0.3, -0.25) is 0 Å². The molecule has 3 heteroatoms. The molecule has 0 heterocycles. The monoisotopic (exact) mass is 496 g/mol. The Morgan fingerprint density at radius 2 is 0.970 bits per heavy atom. The van der Waals surface area contributed by atoms with Crippen LogP contribution in [0, 0.1) is 0 Å². The molecule has 0 fully saturated rings. The van der Waals surface area contributed by atoms with E-state index in [-0.39, 0.29) is 10.8 Å². The minimum absolute atomic E-state index is 0.104. The van der Waals surface area contributed by atoms with E-state index in [0.29, 0.717) is 11.1 Å². The van der Waals surface area contributed by atoms with Crippen molar-refractivity contribution in [3.8, 4) is 0 Å². The second kappa shape index (κ2) is 7.87. The minimum atomic E-state index is -1.96. The van der Waals surface area contributed by atoms with Gasteiger partial charge in [0.05, 0.1) is 8.07 Å². The number of fused-ring (bicyclic) bond motifs is 2. The lowest BCUT2D eigenvalue weighted by molar-refractivity contribution is 0.589. The van der Waals surface area contributed by atoms with Gasteiger partial charge in [-0.1, -0.05) is 102 Å². The van der Waals surface area contributed by atoms with Gasteiger partial charge in [-0.25, -0.2) is 0 Å². The summed E-state index contributed by atoms with van der Waals surface area (Å²) in [5.74, 6) is 0. The van der Waals surface area contributed by atoms with E-state index in [4.69, 9.17) is 23.2 Å². The molecule has 2 aliphatic carbocycles. The molecule has 0 amide bonds. The van der Waals surface area contributed by atoms with E-state index in [1.807, 2.05) is 0 Å². The van der Waals surface area contributed by atoms with E-state index in [1.165, 1.54) is 44.5 Å². The SMILES string of the molecule is CC1=C(Cl)c2cc(C(C)(C)C)ccc2C1[Si](C)(C)C1C(C)=C(Cl)c2cc(C(C)(C)C)ccc21. The molecule has 0 nitrogen and oxygen atoms in total. The molecular weight excluding hydrogens is 459 g/mol. The van der Waals surface area contributed by atoms with Crippen LogP contribution in [0.15, 0.2) is 47.5 Å².